The molecule has 2 aromatic heterocycles. The number of hydrogen-bond donors (Lipinski definition) is 1. The molecule has 0 radical (unpaired) electrons. The van der Waals surface area contributed by atoms with Crippen LogP contribution in [0.1, 0.15) is 0 Å². The van der Waals surface area contributed by atoms with Crippen LogP contribution in [0.3, 0.4) is 0 Å². The molecular weight excluding hydrogens is 456 g/mol. The van der Waals surface area contributed by atoms with Gasteiger partial charge in [-0.15, -0.1) is 5.10 Å². The van der Waals surface area contributed by atoms with Gasteiger partial charge < -0.3 is 15.0 Å². The number of ether oxygens (including phenoxy) is 1. The number of aromatic nitrogens is 3. The number of hydrogen-bond acceptors (Lipinski definition) is 7. The van der Waals surface area contributed by atoms with Gasteiger partial charge in [0.25, 0.3) is 5.91 Å². The molecule has 4 aromatic rings. The van der Waals surface area contributed by atoms with E-state index in [-0.39, 0.29) is 12.5 Å². The van der Waals surface area contributed by atoms with Gasteiger partial charge in [-0.05, 0) is 30.3 Å². The minimum absolute atomic E-state index is 0.0104. The molecule has 1 aliphatic rings. The molecule has 5 rings (SSSR count). The van der Waals surface area contributed by atoms with Crippen molar-refractivity contribution in [2.75, 3.05) is 41.5 Å². The second kappa shape index (κ2) is 8.03. The highest BCUT2D eigenvalue weighted by Gasteiger charge is 2.22. The Labute approximate surface area is 196 Å². The molecule has 2 aromatic carbocycles. The van der Waals surface area contributed by atoms with Crippen LogP contribution in [0.15, 0.2) is 60.8 Å². The molecule has 34 heavy (non-hydrogen) atoms. The second-order valence-corrected chi connectivity index (χ2v) is 9.95. The Morgan fingerprint density at radius 1 is 1.12 bits per heavy atom. The number of carbonyl (C=O) groups is 1. The smallest absolute Gasteiger partial charge is 0.264 e. The number of amides is 1. The Morgan fingerprint density at radius 3 is 2.71 bits per heavy atom. The minimum Gasteiger partial charge on any atom is -0.481 e. The molecule has 0 fully saturated rings. The number of nitrogens with zero attached hydrogens (tertiary/aromatic N) is 5. The Morgan fingerprint density at radius 2 is 1.91 bits per heavy atom. The largest absolute Gasteiger partial charge is 0.481 e. The average molecular weight is 479 g/mol. The first kappa shape index (κ1) is 21.7. The lowest BCUT2D eigenvalue weighted by Gasteiger charge is -2.26. The van der Waals surface area contributed by atoms with E-state index in [1.807, 2.05) is 30.3 Å². The van der Waals surface area contributed by atoms with E-state index in [0.717, 1.165) is 16.8 Å². The van der Waals surface area contributed by atoms with Crippen molar-refractivity contribution in [3.63, 3.8) is 0 Å². The van der Waals surface area contributed by atoms with E-state index in [2.05, 4.69) is 15.4 Å². The zero-order valence-corrected chi connectivity index (χ0v) is 19.6. The first-order valence-electron chi connectivity index (χ1n) is 10.4. The summed E-state index contributed by atoms with van der Waals surface area (Å²) in [6.45, 7) is -0.0104. The maximum Gasteiger partial charge on any atom is 0.264 e. The molecular formula is C23H22N6O4S. The van der Waals surface area contributed by atoms with E-state index in [1.165, 1.54) is 17.6 Å². The molecule has 0 spiro atoms. The molecule has 0 saturated carbocycles. The van der Waals surface area contributed by atoms with Crippen LogP contribution in [0.2, 0.25) is 0 Å². The molecule has 0 saturated heterocycles. The van der Waals surface area contributed by atoms with Crippen LogP contribution in [-0.2, 0) is 14.8 Å². The van der Waals surface area contributed by atoms with Gasteiger partial charge in [-0.25, -0.2) is 17.9 Å². The van der Waals surface area contributed by atoms with E-state index in [9.17, 15) is 13.2 Å². The number of rotatable bonds is 5. The van der Waals surface area contributed by atoms with E-state index in [1.54, 1.807) is 46.9 Å². The third kappa shape index (κ3) is 3.79. The summed E-state index contributed by atoms with van der Waals surface area (Å²) in [7, 11) is -0.212. The van der Waals surface area contributed by atoms with Gasteiger partial charge >= 0.3 is 0 Å². The van der Waals surface area contributed by atoms with Crippen molar-refractivity contribution in [2.24, 2.45) is 0 Å². The number of nitrogens with one attached hydrogen (secondary N) is 1. The second-order valence-electron chi connectivity index (χ2n) is 7.93. The van der Waals surface area contributed by atoms with Gasteiger partial charge in [-0.3, -0.25) is 9.10 Å². The van der Waals surface area contributed by atoms with Crippen molar-refractivity contribution in [3.05, 3.63) is 60.8 Å². The maximum atomic E-state index is 12.2. The van der Waals surface area contributed by atoms with Crippen LogP contribution in [0.4, 0.5) is 23.0 Å². The summed E-state index contributed by atoms with van der Waals surface area (Å²) in [5.41, 5.74) is 4.13. The van der Waals surface area contributed by atoms with Crippen LogP contribution in [0.25, 0.3) is 16.8 Å². The zero-order valence-electron chi connectivity index (χ0n) is 18.8. The molecule has 10 nitrogen and oxygen atoms in total. The van der Waals surface area contributed by atoms with Crippen LogP contribution < -0.4 is 19.3 Å². The summed E-state index contributed by atoms with van der Waals surface area (Å²) in [6, 6.07) is 16.4. The molecule has 0 aliphatic carbocycles. The van der Waals surface area contributed by atoms with E-state index < -0.39 is 10.0 Å². The first-order valence-corrected chi connectivity index (χ1v) is 12.3. The fraction of sp³-hybridized carbons (Fsp3) is 0.174. The molecule has 0 unspecified atom stereocenters. The van der Waals surface area contributed by atoms with E-state index in [4.69, 9.17) is 4.74 Å². The third-order valence-electron chi connectivity index (χ3n) is 5.72. The summed E-state index contributed by atoms with van der Waals surface area (Å²) >= 11 is 0. The number of fused-ring (bicyclic) bond motifs is 2. The summed E-state index contributed by atoms with van der Waals surface area (Å²) < 4.78 is 32.8. The molecule has 3 heterocycles. The lowest BCUT2D eigenvalue weighted by molar-refractivity contribution is -0.120. The van der Waals surface area contributed by atoms with Crippen molar-refractivity contribution in [3.8, 4) is 17.0 Å². The van der Waals surface area contributed by atoms with Gasteiger partial charge in [0.1, 0.15) is 5.75 Å². The third-order valence-corrected chi connectivity index (χ3v) is 6.91. The van der Waals surface area contributed by atoms with Crippen molar-refractivity contribution in [2.45, 2.75) is 0 Å². The number of carbonyl (C=O) groups excluding carboxylic acids is 1. The molecule has 1 amide bonds. The highest BCUT2D eigenvalue weighted by Crippen LogP contribution is 2.35. The Kier molecular flexibility index (Phi) is 5.13. The van der Waals surface area contributed by atoms with Crippen LogP contribution in [0, 0.1) is 0 Å². The zero-order chi connectivity index (χ0) is 24.0. The topological polar surface area (TPSA) is 109 Å². The van der Waals surface area contributed by atoms with Crippen LogP contribution >= 0.6 is 0 Å². The van der Waals surface area contributed by atoms with Gasteiger partial charge in [0.2, 0.25) is 16.0 Å². The lowest BCUT2D eigenvalue weighted by atomic mass is 10.1. The number of likely N-dealkylation sites (N-methyl/N-ethyl adjacent to an activating group) is 1. The molecule has 0 bridgehead atoms. The summed E-state index contributed by atoms with van der Waals surface area (Å²) in [6.07, 6.45) is 2.85. The van der Waals surface area contributed by atoms with Crippen molar-refractivity contribution < 1.29 is 17.9 Å². The Bertz CT molecular complexity index is 1530. The summed E-state index contributed by atoms with van der Waals surface area (Å²) in [5, 5.41) is 7.80. The highest BCUT2D eigenvalue weighted by molar-refractivity contribution is 7.92. The summed E-state index contributed by atoms with van der Waals surface area (Å²) in [5.74, 6) is 0.829. The van der Waals surface area contributed by atoms with Crippen LogP contribution in [0.5, 0.6) is 5.75 Å². The number of para-hydroxylation sites is 1. The number of benzene rings is 2. The lowest BCUT2D eigenvalue weighted by Crippen LogP contribution is -2.35. The summed E-state index contributed by atoms with van der Waals surface area (Å²) in [4.78, 5) is 17.8. The van der Waals surface area contributed by atoms with Gasteiger partial charge in [0.15, 0.2) is 6.61 Å². The normalized spacial score (nSPS) is 13.5. The minimum atomic E-state index is -3.44. The highest BCUT2D eigenvalue weighted by atomic mass is 32.2. The standard InChI is InChI=1S/C23H22N6O4S/c1-27-20-10-8-15(12-21(20)33-14-22(27)30)25-23-24-13-16-9-11-19(29(16)26-23)17-6-4-5-7-18(17)28(2)34(3,31)32/h4-13H,14H2,1-3H3,(H,25,26). The van der Waals surface area contributed by atoms with Gasteiger partial charge in [-0.1, -0.05) is 18.2 Å². The predicted octanol–water partition coefficient (Wildman–Crippen LogP) is 2.89. The predicted molar refractivity (Wildman–Crippen MR) is 130 cm³/mol. The molecule has 0 atom stereocenters. The molecule has 1 N–H and O–H groups in total. The van der Waals surface area contributed by atoms with Gasteiger partial charge in [-0.2, -0.15) is 0 Å². The van der Waals surface area contributed by atoms with Crippen LogP contribution in [-0.4, -0.2) is 55.9 Å². The Balaban J connectivity index is 1.52. The number of sulfonamides is 1. The molecule has 11 heteroatoms. The van der Waals surface area contributed by atoms with Crippen molar-refractivity contribution in [1.29, 1.82) is 0 Å². The van der Waals surface area contributed by atoms with Crippen molar-refractivity contribution >= 4 is 44.5 Å². The van der Waals surface area contributed by atoms with E-state index in [0.29, 0.717) is 28.8 Å². The molecule has 1 aliphatic heterocycles. The SMILES string of the molecule is CN1C(=O)COc2cc(Nc3ncc4ccc(-c5ccccc5N(C)S(C)(=O)=O)n4n3)ccc21. The fourth-order valence-electron chi connectivity index (χ4n) is 3.79. The van der Waals surface area contributed by atoms with E-state index >= 15 is 0 Å². The average Bonchev–Trinajstić information content (AvgIpc) is 3.23. The first-order chi connectivity index (χ1) is 16.2. The van der Waals surface area contributed by atoms with Gasteiger partial charge in [0.05, 0.1) is 35.0 Å². The monoisotopic (exact) mass is 478 g/mol. The maximum absolute atomic E-state index is 12.2. The molecule has 174 valence electrons. The quantitative estimate of drug-likeness (QED) is 0.470. The Hall–Kier alpha value is -4.12. The fourth-order valence-corrected chi connectivity index (χ4v) is 4.31. The van der Waals surface area contributed by atoms with Crippen molar-refractivity contribution in [1.82, 2.24) is 14.6 Å². The number of anilines is 4. The van der Waals surface area contributed by atoms with Gasteiger partial charge in [0, 0.05) is 31.4 Å².